The van der Waals surface area contributed by atoms with Gasteiger partial charge in [-0.25, -0.2) is 0 Å². The van der Waals surface area contributed by atoms with Crippen molar-refractivity contribution in [2.75, 3.05) is 13.2 Å². The Kier molecular flexibility index (Phi) is 4.02. The predicted molar refractivity (Wildman–Crippen MR) is 83.1 cm³/mol. The minimum absolute atomic E-state index is 0.467. The Labute approximate surface area is 122 Å². The maximum atomic E-state index is 5.88. The van der Waals surface area contributed by atoms with Gasteiger partial charge in [-0.1, -0.05) is 24.6 Å². The molecular formula is C18H27NO. The van der Waals surface area contributed by atoms with Crippen molar-refractivity contribution in [3.05, 3.63) is 29.3 Å². The van der Waals surface area contributed by atoms with E-state index in [0.717, 1.165) is 36.7 Å². The van der Waals surface area contributed by atoms with Gasteiger partial charge in [0, 0.05) is 11.6 Å². The normalized spacial score (nSPS) is 29.1. The maximum Gasteiger partial charge on any atom is 0.124 e. The number of benzene rings is 1. The fourth-order valence-electron chi connectivity index (χ4n) is 3.98. The van der Waals surface area contributed by atoms with Crippen LogP contribution in [0.15, 0.2) is 18.2 Å². The number of hydrogen-bond donors (Lipinski definition) is 1. The van der Waals surface area contributed by atoms with Gasteiger partial charge in [0.1, 0.15) is 5.75 Å². The molecule has 2 aliphatic rings. The fourth-order valence-corrected chi connectivity index (χ4v) is 3.98. The van der Waals surface area contributed by atoms with Crippen LogP contribution in [0.4, 0.5) is 0 Å². The summed E-state index contributed by atoms with van der Waals surface area (Å²) >= 11 is 0. The molecule has 1 aromatic rings. The molecule has 3 atom stereocenters. The smallest absolute Gasteiger partial charge is 0.124 e. The molecule has 0 amide bonds. The van der Waals surface area contributed by atoms with E-state index in [1.165, 1.54) is 30.4 Å². The van der Waals surface area contributed by atoms with Gasteiger partial charge in [-0.05, 0) is 63.5 Å². The third kappa shape index (κ3) is 2.71. The SMILES string of the molecule is CCNC(c1cc(C)ccc1OCC)C1CC2CC2C1. The molecule has 0 heterocycles. The van der Waals surface area contributed by atoms with Gasteiger partial charge in [-0.15, -0.1) is 0 Å². The van der Waals surface area contributed by atoms with E-state index in [0.29, 0.717) is 6.04 Å². The van der Waals surface area contributed by atoms with Gasteiger partial charge in [0.05, 0.1) is 6.61 Å². The minimum Gasteiger partial charge on any atom is -0.494 e. The molecule has 3 unspecified atom stereocenters. The average molecular weight is 273 g/mol. The van der Waals surface area contributed by atoms with E-state index >= 15 is 0 Å². The first-order valence-electron chi connectivity index (χ1n) is 8.19. The van der Waals surface area contributed by atoms with Crippen LogP contribution in [0.3, 0.4) is 0 Å². The monoisotopic (exact) mass is 273 g/mol. The highest BCUT2D eigenvalue weighted by molar-refractivity contribution is 5.40. The molecule has 0 spiro atoms. The van der Waals surface area contributed by atoms with Crippen LogP contribution in [0.25, 0.3) is 0 Å². The summed E-state index contributed by atoms with van der Waals surface area (Å²) in [7, 11) is 0. The molecule has 0 radical (unpaired) electrons. The molecule has 0 bridgehead atoms. The van der Waals surface area contributed by atoms with E-state index in [-0.39, 0.29) is 0 Å². The lowest BCUT2D eigenvalue weighted by Gasteiger charge is -2.28. The highest BCUT2D eigenvalue weighted by Crippen LogP contribution is 2.57. The Bertz CT molecular complexity index is 460. The van der Waals surface area contributed by atoms with Crippen molar-refractivity contribution in [3.63, 3.8) is 0 Å². The first-order chi connectivity index (χ1) is 9.72. The molecule has 3 rings (SSSR count). The van der Waals surface area contributed by atoms with Crippen LogP contribution in [-0.2, 0) is 0 Å². The van der Waals surface area contributed by atoms with Crippen LogP contribution in [0.1, 0.15) is 50.3 Å². The lowest BCUT2D eigenvalue weighted by Crippen LogP contribution is -2.28. The zero-order chi connectivity index (χ0) is 14.1. The largest absolute Gasteiger partial charge is 0.494 e. The third-order valence-corrected chi connectivity index (χ3v) is 4.98. The first kappa shape index (κ1) is 13.9. The lowest BCUT2D eigenvalue weighted by atomic mass is 9.88. The van der Waals surface area contributed by atoms with Crippen molar-refractivity contribution >= 4 is 0 Å². The second-order valence-corrected chi connectivity index (χ2v) is 6.50. The summed E-state index contributed by atoms with van der Waals surface area (Å²) in [6.45, 7) is 8.21. The Morgan fingerprint density at radius 2 is 1.95 bits per heavy atom. The van der Waals surface area contributed by atoms with E-state index in [1.807, 2.05) is 0 Å². The van der Waals surface area contributed by atoms with E-state index in [4.69, 9.17) is 4.74 Å². The first-order valence-corrected chi connectivity index (χ1v) is 8.19. The summed E-state index contributed by atoms with van der Waals surface area (Å²) in [6.07, 6.45) is 4.30. The van der Waals surface area contributed by atoms with Gasteiger partial charge < -0.3 is 10.1 Å². The Balaban J connectivity index is 1.87. The minimum atomic E-state index is 0.467. The molecule has 2 heteroatoms. The molecular weight excluding hydrogens is 246 g/mol. The number of fused-ring (bicyclic) bond motifs is 1. The number of hydrogen-bond acceptors (Lipinski definition) is 2. The van der Waals surface area contributed by atoms with Crippen molar-refractivity contribution in [3.8, 4) is 5.75 Å². The Morgan fingerprint density at radius 3 is 2.60 bits per heavy atom. The molecule has 0 aromatic heterocycles. The number of aryl methyl sites for hydroxylation is 1. The van der Waals surface area contributed by atoms with Crippen molar-refractivity contribution in [1.82, 2.24) is 5.32 Å². The molecule has 2 nitrogen and oxygen atoms in total. The highest BCUT2D eigenvalue weighted by atomic mass is 16.5. The third-order valence-electron chi connectivity index (χ3n) is 4.98. The molecule has 20 heavy (non-hydrogen) atoms. The molecule has 0 saturated heterocycles. The fraction of sp³-hybridized carbons (Fsp3) is 0.667. The van der Waals surface area contributed by atoms with Gasteiger partial charge in [0.2, 0.25) is 0 Å². The molecule has 1 N–H and O–H groups in total. The Hall–Kier alpha value is -1.02. The topological polar surface area (TPSA) is 21.3 Å². The summed E-state index contributed by atoms with van der Waals surface area (Å²) in [6, 6.07) is 7.09. The molecule has 110 valence electrons. The van der Waals surface area contributed by atoms with Crippen molar-refractivity contribution in [1.29, 1.82) is 0 Å². The molecule has 1 aromatic carbocycles. The predicted octanol–water partition coefficient (Wildman–Crippen LogP) is 4.09. The van der Waals surface area contributed by atoms with Crippen LogP contribution in [0.2, 0.25) is 0 Å². The average Bonchev–Trinajstić information content (AvgIpc) is 3.05. The van der Waals surface area contributed by atoms with E-state index in [1.54, 1.807) is 0 Å². The van der Waals surface area contributed by atoms with Crippen molar-refractivity contribution in [2.45, 2.75) is 46.1 Å². The van der Waals surface area contributed by atoms with Crippen LogP contribution in [0, 0.1) is 24.7 Å². The van der Waals surface area contributed by atoms with Crippen LogP contribution in [-0.4, -0.2) is 13.2 Å². The van der Waals surface area contributed by atoms with Gasteiger partial charge in [-0.2, -0.15) is 0 Å². The van der Waals surface area contributed by atoms with Gasteiger partial charge in [0.15, 0.2) is 0 Å². The molecule has 2 saturated carbocycles. The van der Waals surface area contributed by atoms with Crippen molar-refractivity contribution < 1.29 is 4.74 Å². The summed E-state index contributed by atoms with van der Waals surface area (Å²) in [4.78, 5) is 0. The molecule has 2 aliphatic carbocycles. The summed E-state index contributed by atoms with van der Waals surface area (Å²) in [5.41, 5.74) is 2.70. The molecule has 0 aliphatic heterocycles. The molecule has 2 fully saturated rings. The quantitative estimate of drug-likeness (QED) is 0.843. The summed E-state index contributed by atoms with van der Waals surface area (Å²) in [5.74, 6) is 3.92. The van der Waals surface area contributed by atoms with E-state index in [9.17, 15) is 0 Å². The second kappa shape index (κ2) is 5.77. The summed E-state index contributed by atoms with van der Waals surface area (Å²) < 4.78 is 5.88. The standard InChI is InChI=1S/C18H27NO/c1-4-19-18(15-10-13-9-14(13)11-15)16-8-12(3)6-7-17(16)20-5-2/h6-8,13-15,18-19H,4-5,9-11H2,1-3H3. The van der Waals surface area contributed by atoms with Gasteiger partial charge >= 0.3 is 0 Å². The number of nitrogens with one attached hydrogen (secondary N) is 1. The van der Waals surface area contributed by atoms with Crippen molar-refractivity contribution in [2.24, 2.45) is 17.8 Å². The van der Waals surface area contributed by atoms with Crippen LogP contribution in [0.5, 0.6) is 5.75 Å². The number of ether oxygens (including phenoxy) is 1. The lowest BCUT2D eigenvalue weighted by molar-refractivity contribution is 0.307. The maximum absolute atomic E-state index is 5.88. The Morgan fingerprint density at radius 1 is 1.20 bits per heavy atom. The van der Waals surface area contributed by atoms with Gasteiger partial charge in [-0.3, -0.25) is 0 Å². The second-order valence-electron chi connectivity index (χ2n) is 6.50. The van der Waals surface area contributed by atoms with Gasteiger partial charge in [0.25, 0.3) is 0 Å². The summed E-state index contributed by atoms with van der Waals surface area (Å²) in [5, 5.41) is 3.73. The zero-order valence-corrected chi connectivity index (χ0v) is 13.0. The van der Waals surface area contributed by atoms with E-state index in [2.05, 4.69) is 44.3 Å². The van der Waals surface area contributed by atoms with E-state index < -0.39 is 0 Å². The van der Waals surface area contributed by atoms with Crippen LogP contribution >= 0.6 is 0 Å². The highest BCUT2D eigenvalue weighted by Gasteiger charge is 2.48. The number of rotatable bonds is 6. The zero-order valence-electron chi connectivity index (χ0n) is 13.0. The van der Waals surface area contributed by atoms with Crippen LogP contribution < -0.4 is 10.1 Å².